The second-order valence-corrected chi connectivity index (χ2v) is 3.75. The van der Waals surface area contributed by atoms with Crippen LogP contribution in [0.2, 0.25) is 0 Å². The van der Waals surface area contributed by atoms with E-state index in [4.69, 9.17) is 21.0 Å². The molecular weight excluding hydrogens is 184 g/mol. The van der Waals surface area contributed by atoms with Gasteiger partial charge in [-0.1, -0.05) is 5.92 Å². The molecule has 0 aromatic rings. The van der Waals surface area contributed by atoms with Crippen molar-refractivity contribution in [3.8, 4) is 12.3 Å². The lowest BCUT2D eigenvalue weighted by Crippen LogP contribution is -2.44. The number of hydrogen-bond donors (Lipinski definition) is 1. The molecule has 1 heterocycles. The number of rotatable bonds is 2. The highest BCUT2D eigenvalue weighted by Gasteiger charge is 2.35. The van der Waals surface area contributed by atoms with Crippen molar-refractivity contribution in [1.29, 1.82) is 0 Å². The van der Waals surface area contributed by atoms with Gasteiger partial charge >= 0.3 is 5.97 Å². The number of hydrogen-bond acceptors (Lipinski definition) is 3. The maximum atomic E-state index is 10.5. The van der Waals surface area contributed by atoms with Gasteiger partial charge in [0.15, 0.2) is 5.79 Å². The van der Waals surface area contributed by atoms with E-state index in [-0.39, 0.29) is 18.6 Å². The van der Waals surface area contributed by atoms with Crippen LogP contribution in [-0.2, 0) is 14.3 Å². The van der Waals surface area contributed by atoms with Crippen LogP contribution in [0.5, 0.6) is 0 Å². The molecule has 1 fully saturated rings. The SMILES string of the molecule is C#C[C@H]1C[C@@H](CC(=O)O)OC(C)(C)O1. The molecule has 0 bridgehead atoms. The van der Waals surface area contributed by atoms with Crippen LogP contribution in [0.15, 0.2) is 0 Å². The topological polar surface area (TPSA) is 55.8 Å². The Kier molecular flexibility index (Phi) is 3.14. The minimum Gasteiger partial charge on any atom is -0.481 e. The van der Waals surface area contributed by atoms with Crippen molar-refractivity contribution in [2.75, 3.05) is 0 Å². The quantitative estimate of drug-likeness (QED) is 0.673. The summed E-state index contributed by atoms with van der Waals surface area (Å²) in [7, 11) is 0. The zero-order valence-corrected chi connectivity index (χ0v) is 8.32. The normalized spacial score (nSPS) is 30.6. The molecular formula is C10H14O4. The van der Waals surface area contributed by atoms with Crippen molar-refractivity contribution in [2.45, 2.75) is 44.7 Å². The molecule has 0 saturated carbocycles. The van der Waals surface area contributed by atoms with Gasteiger partial charge in [-0.15, -0.1) is 6.42 Å². The van der Waals surface area contributed by atoms with Crippen molar-refractivity contribution in [1.82, 2.24) is 0 Å². The first-order valence-electron chi connectivity index (χ1n) is 4.46. The predicted molar refractivity (Wildman–Crippen MR) is 49.5 cm³/mol. The van der Waals surface area contributed by atoms with Crippen LogP contribution in [0.3, 0.4) is 0 Å². The third kappa shape index (κ3) is 3.02. The molecule has 1 rings (SSSR count). The zero-order valence-electron chi connectivity index (χ0n) is 8.32. The standard InChI is InChI=1S/C10H14O4/c1-4-7-5-8(6-9(11)12)14-10(2,3)13-7/h1,7-8H,5-6H2,2-3H3,(H,11,12)/t7-,8-/m0/s1. The van der Waals surface area contributed by atoms with Gasteiger partial charge in [0, 0.05) is 6.42 Å². The van der Waals surface area contributed by atoms with Gasteiger partial charge in [0.05, 0.1) is 12.5 Å². The van der Waals surface area contributed by atoms with Crippen molar-refractivity contribution in [3.63, 3.8) is 0 Å². The molecule has 1 aliphatic rings. The summed E-state index contributed by atoms with van der Waals surface area (Å²) in [6, 6.07) is 0. The van der Waals surface area contributed by atoms with Crippen LogP contribution in [0.25, 0.3) is 0 Å². The second-order valence-electron chi connectivity index (χ2n) is 3.75. The average molecular weight is 198 g/mol. The predicted octanol–water partition coefficient (Wildman–Crippen LogP) is 1.00. The lowest BCUT2D eigenvalue weighted by Gasteiger charge is -2.38. The maximum absolute atomic E-state index is 10.5. The summed E-state index contributed by atoms with van der Waals surface area (Å²) in [6.45, 7) is 3.46. The van der Waals surface area contributed by atoms with Crippen molar-refractivity contribution < 1.29 is 19.4 Å². The third-order valence-electron chi connectivity index (χ3n) is 1.94. The molecule has 0 aromatic heterocycles. The van der Waals surface area contributed by atoms with Gasteiger partial charge in [0.1, 0.15) is 6.10 Å². The highest BCUT2D eigenvalue weighted by atomic mass is 16.7. The molecule has 14 heavy (non-hydrogen) atoms. The van der Waals surface area contributed by atoms with Gasteiger partial charge in [-0.3, -0.25) is 4.79 Å². The molecule has 1 N–H and O–H groups in total. The van der Waals surface area contributed by atoms with Gasteiger partial charge in [0.2, 0.25) is 0 Å². The molecule has 2 atom stereocenters. The zero-order chi connectivity index (χ0) is 10.8. The van der Waals surface area contributed by atoms with Crippen LogP contribution < -0.4 is 0 Å². The Morgan fingerprint density at radius 1 is 1.64 bits per heavy atom. The fraction of sp³-hybridized carbons (Fsp3) is 0.700. The molecule has 0 aromatic carbocycles. The molecule has 0 amide bonds. The Balaban J connectivity index is 2.62. The molecule has 0 unspecified atom stereocenters. The van der Waals surface area contributed by atoms with Crippen LogP contribution in [0.1, 0.15) is 26.7 Å². The van der Waals surface area contributed by atoms with Crippen LogP contribution in [0, 0.1) is 12.3 Å². The third-order valence-corrected chi connectivity index (χ3v) is 1.94. The van der Waals surface area contributed by atoms with Gasteiger partial charge in [-0.25, -0.2) is 0 Å². The highest BCUT2D eigenvalue weighted by Crippen LogP contribution is 2.27. The monoisotopic (exact) mass is 198 g/mol. The summed E-state index contributed by atoms with van der Waals surface area (Å²) >= 11 is 0. The molecule has 4 heteroatoms. The van der Waals surface area contributed by atoms with E-state index in [2.05, 4.69) is 5.92 Å². The largest absolute Gasteiger partial charge is 0.481 e. The van der Waals surface area contributed by atoms with E-state index in [1.54, 1.807) is 13.8 Å². The maximum Gasteiger partial charge on any atom is 0.305 e. The van der Waals surface area contributed by atoms with Gasteiger partial charge < -0.3 is 14.6 Å². The Hall–Kier alpha value is -1.05. The molecule has 1 aliphatic heterocycles. The fourth-order valence-corrected chi connectivity index (χ4v) is 1.53. The average Bonchev–Trinajstić information content (AvgIpc) is 1.99. The lowest BCUT2D eigenvalue weighted by molar-refractivity contribution is -0.288. The van der Waals surface area contributed by atoms with Crippen LogP contribution >= 0.6 is 0 Å². The summed E-state index contributed by atoms with van der Waals surface area (Å²) in [5.74, 6) is 0.786. The Morgan fingerprint density at radius 3 is 2.79 bits per heavy atom. The summed E-state index contributed by atoms with van der Waals surface area (Å²) in [5.41, 5.74) is 0. The highest BCUT2D eigenvalue weighted by molar-refractivity contribution is 5.67. The first-order chi connectivity index (χ1) is 6.43. The Labute approximate surface area is 83.2 Å². The summed E-state index contributed by atoms with van der Waals surface area (Å²) in [5, 5.41) is 8.62. The van der Waals surface area contributed by atoms with E-state index in [0.717, 1.165) is 0 Å². The van der Waals surface area contributed by atoms with E-state index in [0.29, 0.717) is 6.42 Å². The molecule has 0 radical (unpaired) electrons. The number of carboxylic acids is 1. The minimum atomic E-state index is -0.886. The lowest BCUT2D eigenvalue weighted by atomic mass is 10.1. The number of aliphatic carboxylic acids is 1. The van der Waals surface area contributed by atoms with E-state index >= 15 is 0 Å². The Bertz CT molecular complexity index is 264. The molecule has 0 aliphatic carbocycles. The molecule has 4 nitrogen and oxygen atoms in total. The minimum absolute atomic E-state index is 0.0367. The van der Waals surface area contributed by atoms with Crippen LogP contribution in [0.4, 0.5) is 0 Å². The fourth-order valence-electron chi connectivity index (χ4n) is 1.53. The molecule has 1 saturated heterocycles. The number of carboxylic acid groups (broad SMARTS) is 1. The Morgan fingerprint density at radius 2 is 2.29 bits per heavy atom. The first-order valence-corrected chi connectivity index (χ1v) is 4.46. The van der Waals surface area contributed by atoms with E-state index < -0.39 is 11.8 Å². The van der Waals surface area contributed by atoms with E-state index in [9.17, 15) is 4.79 Å². The van der Waals surface area contributed by atoms with E-state index in [1.807, 2.05) is 0 Å². The second kappa shape index (κ2) is 3.99. The van der Waals surface area contributed by atoms with Crippen molar-refractivity contribution in [3.05, 3.63) is 0 Å². The number of carbonyl (C=O) groups is 1. The van der Waals surface area contributed by atoms with Gasteiger partial charge in [0.25, 0.3) is 0 Å². The van der Waals surface area contributed by atoms with Crippen molar-refractivity contribution in [2.24, 2.45) is 0 Å². The molecule has 0 spiro atoms. The summed E-state index contributed by atoms with van der Waals surface area (Å²) in [6.07, 6.45) is 4.92. The van der Waals surface area contributed by atoms with Crippen LogP contribution in [-0.4, -0.2) is 29.1 Å². The first kappa shape index (κ1) is 11.0. The van der Waals surface area contributed by atoms with Gasteiger partial charge in [-0.2, -0.15) is 0 Å². The molecule has 78 valence electrons. The summed E-state index contributed by atoms with van der Waals surface area (Å²) < 4.78 is 10.8. The smallest absolute Gasteiger partial charge is 0.305 e. The number of terminal acetylenes is 1. The summed E-state index contributed by atoms with van der Waals surface area (Å²) in [4.78, 5) is 10.5. The van der Waals surface area contributed by atoms with Gasteiger partial charge in [-0.05, 0) is 13.8 Å². The van der Waals surface area contributed by atoms with E-state index in [1.165, 1.54) is 0 Å². The number of ether oxygens (including phenoxy) is 2. The van der Waals surface area contributed by atoms with Crippen molar-refractivity contribution >= 4 is 5.97 Å².